The highest BCUT2D eigenvalue weighted by Crippen LogP contribution is 2.08. The van der Waals surface area contributed by atoms with Gasteiger partial charge in [0, 0.05) is 5.56 Å². The van der Waals surface area contributed by atoms with E-state index in [9.17, 15) is 4.79 Å². The monoisotopic (exact) mass is 171 g/mol. The van der Waals surface area contributed by atoms with E-state index in [1.54, 1.807) is 24.3 Å². The van der Waals surface area contributed by atoms with Gasteiger partial charge in [-0.25, -0.2) is 0 Å². The minimum Gasteiger partial charge on any atom is -0.449 e. The lowest BCUT2D eigenvalue weighted by Gasteiger charge is -1.94. The second-order valence-corrected chi connectivity index (χ2v) is 2.61. The van der Waals surface area contributed by atoms with Gasteiger partial charge in [-0.3, -0.25) is 4.79 Å². The number of ketones is 1. The maximum absolute atomic E-state index is 11.6. The summed E-state index contributed by atoms with van der Waals surface area (Å²) in [5.41, 5.74) is 0.630. The summed E-state index contributed by atoms with van der Waals surface area (Å²) in [7, 11) is 0. The number of carbonyl (C=O) groups excluding carboxylic acids is 1. The molecule has 1 aromatic heterocycles. The van der Waals surface area contributed by atoms with Crippen molar-refractivity contribution in [3.05, 3.63) is 60.1 Å². The fourth-order valence-corrected chi connectivity index (χ4v) is 1.10. The van der Waals surface area contributed by atoms with Crippen LogP contribution in [0, 0.1) is 6.26 Å². The van der Waals surface area contributed by atoms with Crippen molar-refractivity contribution in [3.8, 4) is 0 Å². The van der Waals surface area contributed by atoms with Gasteiger partial charge in [-0.15, -0.1) is 0 Å². The highest BCUT2D eigenvalue weighted by Gasteiger charge is 2.10. The predicted molar refractivity (Wildman–Crippen MR) is 47.4 cm³/mol. The summed E-state index contributed by atoms with van der Waals surface area (Å²) >= 11 is 0. The topological polar surface area (TPSA) is 30.2 Å². The van der Waals surface area contributed by atoms with E-state index in [-0.39, 0.29) is 5.78 Å². The second kappa shape index (κ2) is 3.27. The molecule has 0 aliphatic carbocycles. The van der Waals surface area contributed by atoms with E-state index < -0.39 is 0 Å². The fraction of sp³-hybridized carbons (Fsp3) is 0. The van der Waals surface area contributed by atoms with Gasteiger partial charge >= 0.3 is 0 Å². The van der Waals surface area contributed by atoms with Crippen LogP contribution in [0.5, 0.6) is 0 Å². The number of hydrogen-bond donors (Lipinski definition) is 0. The molecule has 0 N–H and O–H groups in total. The van der Waals surface area contributed by atoms with Gasteiger partial charge in [-0.2, -0.15) is 0 Å². The highest BCUT2D eigenvalue weighted by atomic mass is 16.3. The van der Waals surface area contributed by atoms with Crippen LogP contribution in [0.25, 0.3) is 0 Å². The van der Waals surface area contributed by atoms with E-state index in [1.807, 2.05) is 18.2 Å². The van der Waals surface area contributed by atoms with Crippen LogP contribution in [0.1, 0.15) is 16.1 Å². The first kappa shape index (κ1) is 7.80. The zero-order valence-corrected chi connectivity index (χ0v) is 6.86. The number of furan rings is 1. The van der Waals surface area contributed by atoms with E-state index in [0.717, 1.165) is 0 Å². The van der Waals surface area contributed by atoms with Crippen LogP contribution in [0.15, 0.2) is 46.9 Å². The molecule has 1 heterocycles. The molecule has 63 valence electrons. The smallest absolute Gasteiger partial charge is 0.228 e. The van der Waals surface area contributed by atoms with Crippen molar-refractivity contribution in [1.29, 1.82) is 0 Å². The first-order chi connectivity index (χ1) is 6.38. The van der Waals surface area contributed by atoms with Crippen molar-refractivity contribution < 1.29 is 9.21 Å². The summed E-state index contributed by atoms with van der Waals surface area (Å²) in [6.45, 7) is 0. The Morgan fingerprint density at radius 1 is 1.15 bits per heavy atom. The molecule has 0 aliphatic heterocycles. The van der Waals surface area contributed by atoms with E-state index in [0.29, 0.717) is 11.3 Å². The number of rotatable bonds is 2. The maximum atomic E-state index is 11.6. The zero-order valence-electron chi connectivity index (χ0n) is 6.86. The van der Waals surface area contributed by atoms with Crippen LogP contribution in [0.4, 0.5) is 0 Å². The molecule has 0 saturated carbocycles. The largest absolute Gasteiger partial charge is 0.449 e. The summed E-state index contributed by atoms with van der Waals surface area (Å²) in [6.07, 6.45) is 2.48. The molecule has 0 fully saturated rings. The lowest BCUT2D eigenvalue weighted by atomic mass is 10.1. The molecule has 0 bridgehead atoms. The van der Waals surface area contributed by atoms with Crippen LogP contribution < -0.4 is 0 Å². The van der Waals surface area contributed by atoms with Crippen molar-refractivity contribution in [2.75, 3.05) is 0 Å². The normalized spacial score (nSPS) is 9.85. The zero-order chi connectivity index (χ0) is 9.10. The summed E-state index contributed by atoms with van der Waals surface area (Å²) < 4.78 is 4.88. The average molecular weight is 171 g/mol. The van der Waals surface area contributed by atoms with Crippen molar-refractivity contribution in [2.24, 2.45) is 0 Å². The Morgan fingerprint density at radius 2 is 1.92 bits per heavy atom. The molecule has 0 unspecified atom stereocenters. The summed E-state index contributed by atoms with van der Waals surface area (Å²) in [5.74, 6) is 0.216. The molecular formula is C11H7O2. The minimum atomic E-state index is -0.109. The molecule has 0 amide bonds. The molecule has 2 heteroatoms. The Bertz CT molecular complexity index is 387. The third kappa shape index (κ3) is 1.51. The third-order valence-corrected chi connectivity index (χ3v) is 1.73. The van der Waals surface area contributed by atoms with Gasteiger partial charge in [-0.05, 0) is 12.1 Å². The van der Waals surface area contributed by atoms with Crippen molar-refractivity contribution >= 4 is 5.78 Å². The van der Waals surface area contributed by atoms with Gasteiger partial charge in [0.25, 0.3) is 0 Å². The van der Waals surface area contributed by atoms with E-state index in [1.165, 1.54) is 0 Å². The standard InChI is InChI=1S/C11H7O2/c12-11(10-7-4-8-13-10)9-5-2-1-3-6-9/h1-7H. The number of benzene rings is 1. The SMILES string of the molecule is O=C(c1ccccc1)c1cc[c]o1. The van der Waals surface area contributed by atoms with Crippen LogP contribution in [-0.4, -0.2) is 5.78 Å². The molecule has 0 spiro atoms. The molecule has 2 rings (SSSR count). The second-order valence-electron chi connectivity index (χ2n) is 2.61. The highest BCUT2D eigenvalue weighted by molar-refractivity contribution is 6.06. The predicted octanol–water partition coefficient (Wildman–Crippen LogP) is 2.31. The Hall–Kier alpha value is -1.83. The quantitative estimate of drug-likeness (QED) is 0.649. The maximum Gasteiger partial charge on any atom is 0.228 e. The molecule has 13 heavy (non-hydrogen) atoms. The van der Waals surface area contributed by atoms with Crippen LogP contribution in [-0.2, 0) is 0 Å². The van der Waals surface area contributed by atoms with Gasteiger partial charge in [0.05, 0.1) is 0 Å². The van der Waals surface area contributed by atoms with Gasteiger partial charge in [-0.1, -0.05) is 30.3 Å². The molecular weight excluding hydrogens is 164 g/mol. The van der Waals surface area contributed by atoms with Gasteiger partial charge < -0.3 is 4.42 Å². The first-order valence-corrected chi connectivity index (χ1v) is 3.93. The lowest BCUT2D eigenvalue weighted by molar-refractivity contribution is 0.101. The number of carbonyl (C=O) groups is 1. The Morgan fingerprint density at radius 3 is 2.54 bits per heavy atom. The summed E-state index contributed by atoms with van der Waals surface area (Å²) in [4.78, 5) is 11.6. The Balaban J connectivity index is 2.34. The van der Waals surface area contributed by atoms with Crippen LogP contribution in [0.3, 0.4) is 0 Å². The molecule has 0 atom stereocenters. The molecule has 0 saturated heterocycles. The third-order valence-electron chi connectivity index (χ3n) is 1.73. The molecule has 1 aromatic carbocycles. The van der Waals surface area contributed by atoms with Crippen molar-refractivity contribution in [2.45, 2.75) is 0 Å². The minimum absolute atomic E-state index is 0.109. The van der Waals surface area contributed by atoms with Gasteiger partial charge in [0.1, 0.15) is 0 Å². The Kier molecular flexibility index (Phi) is 1.96. The van der Waals surface area contributed by atoms with E-state index >= 15 is 0 Å². The van der Waals surface area contributed by atoms with Crippen molar-refractivity contribution in [3.63, 3.8) is 0 Å². The molecule has 0 aliphatic rings. The van der Waals surface area contributed by atoms with Gasteiger partial charge in [0.15, 0.2) is 12.0 Å². The molecule has 2 nitrogen and oxygen atoms in total. The van der Waals surface area contributed by atoms with E-state index in [4.69, 9.17) is 4.42 Å². The average Bonchev–Trinajstić information content (AvgIpc) is 2.71. The Labute approximate surface area is 75.8 Å². The number of hydrogen-bond acceptors (Lipinski definition) is 2. The lowest BCUT2D eigenvalue weighted by Crippen LogP contribution is -1.98. The summed E-state index contributed by atoms with van der Waals surface area (Å²) in [6, 6.07) is 12.2. The fourth-order valence-electron chi connectivity index (χ4n) is 1.10. The molecule has 2 aromatic rings. The van der Waals surface area contributed by atoms with Gasteiger partial charge in [0.2, 0.25) is 5.78 Å². The molecule has 1 radical (unpaired) electrons. The van der Waals surface area contributed by atoms with Crippen LogP contribution in [0.2, 0.25) is 0 Å². The first-order valence-electron chi connectivity index (χ1n) is 3.93. The van der Waals surface area contributed by atoms with E-state index in [2.05, 4.69) is 6.26 Å². The van der Waals surface area contributed by atoms with Crippen molar-refractivity contribution in [1.82, 2.24) is 0 Å². The van der Waals surface area contributed by atoms with Crippen LogP contribution >= 0.6 is 0 Å². The summed E-state index contributed by atoms with van der Waals surface area (Å²) in [5, 5.41) is 0.